The zero-order valence-corrected chi connectivity index (χ0v) is 11.6. The van der Waals surface area contributed by atoms with Crippen LogP contribution in [0, 0.1) is 11.6 Å². The van der Waals surface area contributed by atoms with Gasteiger partial charge in [-0.25, -0.2) is 21.9 Å². The van der Waals surface area contributed by atoms with Crippen LogP contribution in [0.1, 0.15) is 26.2 Å². The number of carboxylic acid groups (broad SMARTS) is 1. The third-order valence-corrected chi connectivity index (χ3v) is 4.12. The van der Waals surface area contributed by atoms with Crippen molar-refractivity contribution in [2.75, 3.05) is 0 Å². The van der Waals surface area contributed by atoms with Crippen LogP contribution < -0.4 is 4.72 Å². The van der Waals surface area contributed by atoms with E-state index >= 15 is 0 Å². The predicted octanol–water partition coefficient (Wildman–Crippen LogP) is 1.89. The standard InChI is InChI=1S/C12H15F2NO4S/c1-2-3-9(7-12(16)17)15-20(18,19)11-5-4-8(13)6-10(11)14/h4-6,9,15H,2-3,7H2,1H3,(H,16,17). The molecule has 1 aromatic rings. The maximum Gasteiger partial charge on any atom is 0.304 e. The van der Waals surface area contributed by atoms with Crippen molar-refractivity contribution >= 4 is 16.0 Å². The molecular formula is C12H15F2NO4S. The normalized spacial score (nSPS) is 13.2. The van der Waals surface area contributed by atoms with Crippen molar-refractivity contribution < 1.29 is 27.1 Å². The summed E-state index contributed by atoms with van der Waals surface area (Å²) in [5, 5.41) is 8.71. The quantitative estimate of drug-likeness (QED) is 0.805. The molecule has 1 aromatic carbocycles. The first-order chi connectivity index (χ1) is 9.26. The van der Waals surface area contributed by atoms with Crippen molar-refractivity contribution in [2.24, 2.45) is 0 Å². The molecule has 0 bridgehead atoms. The molecule has 0 saturated carbocycles. The minimum absolute atomic E-state index is 0.300. The number of nitrogens with one attached hydrogen (secondary N) is 1. The van der Waals surface area contributed by atoms with Gasteiger partial charge < -0.3 is 5.11 Å². The second-order valence-corrected chi connectivity index (χ2v) is 5.96. The summed E-state index contributed by atoms with van der Waals surface area (Å²) in [5.74, 6) is -3.27. The van der Waals surface area contributed by atoms with Crippen LogP contribution in [0.5, 0.6) is 0 Å². The lowest BCUT2D eigenvalue weighted by Gasteiger charge is -2.16. The maximum atomic E-state index is 13.5. The lowest BCUT2D eigenvalue weighted by molar-refractivity contribution is -0.137. The first-order valence-electron chi connectivity index (χ1n) is 5.95. The van der Waals surface area contributed by atoms with E-state index in [1.807, 2.05) is 0 Å². The van der Waals surface area contributed by atoms with E-state index in [1.54, 1.807) is 6.92 Å². The minimum Gasteiger partial charge on any atom is -0.481 e. The van der Waals surface area contributed by atoms with E-state index in [9.17, 15) is 22.0 Å². The Labute approximate surface area is 115 Å². The zero-order valence-electron chi connectivity index (χ0n) is 10.8. The lowest BCUT2D eigenvalue weighted by atomic mass is 10.1. The van der Waals surface area contributed by atoms with Gasteiger partial charge in [-0.2, -0.15) is 0 Å². The van der Waals surface area contributed by atoms with Gasteiger partial charge in [0.1, 0.15) is 16.5 Å². The maximum absolute atomic E-state index is 13.5. The summed E-state index contributed by atoms with van der Waals surface area (Å²) < 4.78 is 52.3. The highest BCUT2D eigenvalue weighted by molar-refractivity contribution is 7.89. The molecule has 0 aromatic heterocycles. The molecule has 0 spiro atoms. The number of hydrogen-bond donors (Lipinski definition) is 2. The molecule has 0 amide bonds. The Morgan fingerprint density at radius 1 is 1.40 bits per heavy atom. The molecule has 0 heterocycles. The highest BCUT2D eigenvalue weighted by atomic mass is 32.2. The first-order valence-corrected chi connectivity index (χ1v) is 7.43. The van der Waals surface area contributed by atoms with Crippen LogP contribution in [0.25, 0.3) is 0 Å². The molecule has 0 fully saturated rings. The van der Waals surface area contributed by atoms with Gasteiger partial charge in [0.2, 0.25) is 10.0 Å². The molecule has 1 unspecified atom stereocenters. The predicted molar refractivity (Wildman–Crippen MR) is 67.6 cm³/mol. The van der Waals surface area contributed by atoms with E-state index in [-0.39, 0.29) is 0 Å². The smallest absolute Gasteiger partial charge is 0.304 e. The molecule has 20 heavy (non-hydrogen) atoms. The third kappa shape index (κ3) is 4.53. The van der Waals surface area contributed by atoms with Crippen molar-refractivity contribution in [3.05, 3.63) is 29.8 Å². The Morgan fingerprint density at radius 3 is 2.55 bits per heavy atom. The number of sulfonamides is 1. The molecule has 2 N–H and O–H groups in total. The van der Waals surface area contributed by atoms with Crippen molar-refractivity contribution in [1.82, 2.24) is 4.72 Å². The summed E-state index contributed by atoms with van der Waals surface area (Å²) in [4.78, 5) is 9.96. The van der Waals surface area contributed by atoms with Crippen LogP contribution in [0.2, 0.25) is 0 Å². The molecular weight excluding hydrogens is 292 g/mol. The monoisotopic (exact) mass is 307 g/mol. The second kappa shape index (κ2) is 6.76. The molecule has 0 radical (unpaired) electrons. The van der Waals surface area contributed by atoms with Gasteiger partial charge in [0.05, 0.1) is 6.42 Å². The summed E-state index contributed by atoms with van der Waals surface area (Å²) >= 11 is 0. The molecule has 112 valence electrons. The third-order valence-electron chi connectivity index (χ3n) is 2.56. The topological polar surface area (TPSA) is 83.5 Å². The number of hydrogen-bond acceptors (Lipinski definition) is 3. The Kier molecular flexibility index (Phi) is 5.58. The van der Waals surface area contributed by atoms with E-state index in [0.717, 1.165) is 12.1 Å². The molecule has 0 aliphatic heterocycles. The van der Waals surface area contributed by atoms with Gasteiger partial charge in [0, 0.05) is 12.1 Å². The first kappa shape index (κ1) is 16.5. The van der Waals surface area contributed by atoms with Gasteiger partial charge in [0.25, 0.3) is 0 Å². The van der Waals surface area contributed by atoms with E-state index in [1.165, 1.54) is 0 Å². The van der Waals surface area contributed by atoms with Crippen LogP contribution in [0.4, 0.5) is 8.78 Å². The molecule has 0 saturated heterocycles. The Bertz CT molecular complexity index is 589. The average Bonchev–Trinajstić information content (AvgIpc) is 2.26. The van der Waals surface area contributed by atoms with E-state index in [2.05, 4.69) is 4.72 Å². The summed E-state index contributed by atoms with van der Waals surface area (Å²) in [6.07, 6.45) is 0.455. The molecule has 1 rings (SSSR count). The van der Waals surface area contributed by atoms with Gasteiger partial charge in [-0.1, -0.05) is 13.3 Å². The van der Waals surface area contributed by atoms with Crippen molar-refractivity contribution in [3.8, 4) is 0 Å². The fourth-order valence-corrected chi connectivity index (χ4v) is 3.07. The Morgan fingerprint density at radius 2 is 2.05 bits per heavy atom. The van der Waals surface area contributed by atoms with Crippen LogP contribution in [-0.4, -0.2) is 25.5 Å². The second-order valence-electron chi connectivity index (χ2n) is 4.28. The number of rotatable bonds is 7. The van der Waals surface area contributed by atoms with E-state index in [4.69, 9.17) is 5.11 Å². The Hall–Kier alpha value is -1.54. The minimum atomic E-state index is -4.23. The van der Waals surface area contributed by atoms with Gasteiger partial charge in [-0.05, 0) is 18.6 Å². The molecule has 5 nitrogen and oxygen atoms in total. The number of carboxylic acids is 1. The van der Waals surface area contributed by atoms with Gasteiger partial charge in [-0.15, -0.1) is 0 Å². The molecule has 1 atom stereocenters. The highest BCUT2D eigenvalue weighted by Gasteiger charge is 2.24. The Balaban J connectivity index is 2.99. The molecule has 0 aliphatic rings. The van der Waals surface area contributed by atoms with Crippen molar-refractivity contribution in [1.29, 1.82) is 0 Å². The van der Waals surface area contributed by atoms with E-state index < -0.39 is 45.0 Å². The number of benzene rings is 1. The molecule has 0 aliphatic carbocycles. The van der Waals surface area contributed by atoms with Crippen LogP contribution >= 0.6 is 0 Å². The lowest BCUT2D eigenvalue weighted by Crippen LogP contribution is -2.36. The highest BCUT2D eigenvalue weighted by Crippen LogP contribution is 2.17. The van der Waals surface area contributed by atoms with Gasteiger partial charge in [-0.3, -0.25) is 4.79 Å². The summed E-state index contributed by atoms with van der Waals surface area (Å²) in [6, 6.07) is 1.24. The van der Waals surface area contributed by atoms with E-state index in [0.29, 0.717) is 18.9 Å². The van der Waals surface area contributed by atoms with Crippen LogP contribution in [0.3, 0.4) is 0 Å². The number of halogens is 2. The fraction of sp³-hybridized carbons (Fsp3) is 0.417. The largest absolute Gasteiger partial charge is 0.481 e. The SMILES string of the molecule is CCCC(CC(=O)O)NS(=O)(=O)c1ccc(F)cc1F. The fourth-order valence-electron chi connectivity index (χ4n) is 1.74. The van der Waals surface area contributed by atoms with Gasteiger partial charge in [0.15, 0.2) is 0 Å². The average molecular weight is 307 g/mol. The van der Waals surface area contributed by atoms with Crippen LogP contribution in [-0.2, 0) is 14.8 Å². The van der Waals surface area contributed by atoms with Gasteiger partial charge >= 0.3 is 5.97 Å². The summed E-state index contributed by atoms with van der Waals surface area (Å²) in [5.41, 5.74) is 0. The van der Waals surface area contributed by atoms with Crippen molar-refractivity contribution in [3.63, 3.8) is 0 Å². The van der Waals surface area contributed by atoms with Crippen LogP contribution in [0.15, 0.2) is 23.1 Å². The summed E-state index contributed by atoms with van der Waals surface area (Å²) in [6.45, 7) is 1.77. The zero-order chi connectivity index (χ0) is 15.3. The number of aliphatic carboxylic acids is 1. The summed E-state index contributed by atoms with van der Waals surface area (Å²) in [7, 11) is -4.23. The number of carbonyl (C=O) groups is 1. The molecule has 8 heteroatoms. The van der Waals surface area contributed by atoms with Crippen molar-refractivity contribution in [2.45, 2.75) is 37.1 Å².